The zero-order valence-electron chi connectivity index (χ0n) is 13.4. The highest BCUT2D eigenvalue weighted by atomic mass is 35.5. The maximum atomic E-state index is 10.5. The van der Waals surface area contributed by atoms with Gasteiger partial charge in [-0.3, -0.25) is 4.57 Å². The molecule has 0 amide bonds. The topological polar surface area (TPSA) is 140 Å². The number of rotatable bonds is 3. The largest absolute Gasteiger partial charge is 0.394 e. The maximum absolute atomic E-state index is 10.5. The molecule has 1 aliphatic rings. The van der Waals surface area contributed by atoms with Gasteiger partial charge in [0.2, 0.25) is 0 Å². The summed E-state index contributed by atoms with van der Waals surface area (Å²) in [5, 5.41) is 30.4. The fourth-order valence-electron chi connectivity index (χ4n) is 3.09. The summed E-state index contributed by atoms with van der Waals surface area (Å²) in [6.07, 6.45) is -3.22. The Kier molecular flexibility index (Phi) is 4.25. The standard InChI is InChI=1S/C16H16ClN5O4/c17-8-3-1-2-7(4-8)14-21-10-13(18)19-6-20-15(10)22(14)16-12(25)11(24)9(5-23)26-16/h1-4,6,9,11-12,16,23-25H,5H2,(H2,18,19,20)/t9-,11-,12-,16-/m1/s1. The highest BCUT2D eigenvalue weighted by Crippen LogP contribution is 2.36. The van der Waals surface area contributed by atoms with Crippen LogP contribution in [0.1, 0.15) is 6.23 Å². The number of halogens is 1. The van der Waals surface area contributed by atoms with E-state index in [-0.39, 0.29) is 5.82 Å². The van der Waals surface area contributed by atoms with Crippen molar-refractivity contribution < 1.29 is 20.1 Å². The van der Waals surface area contributed by atoms with Crippen LogP contribution in [0.15, 0.2) is 30.6 Å². The predicted octanol–water partition coefficient (Wildman–Crippen LogP) is 0.340. The minimum Gasteiger partial charge on any atom is -0.394 e. The average molecular weight is 378 g/mol. The molecule has 3 aromatic rings. The van der Waals surface area contributed by atoms with Crippen molar-refractivity contribution in [3.8, 4) is 11.4 Å². The van der Waals surface area contributed by atoms with Crippen LogP contribution in [-0.4, -0.2) is 59.8 Å². The lowest BCUT2D eigenvalue weighted by Gasteiger charge is -2.19. The zero-order chi connectivity index (χ0) is 18.4. The van der Waals surface area contributed by atoms with Crippen LogP contribution in [0.5, 0.6) is 0 Å². The van der Waals surface area contributed by atoms with Crippen LogP contribution in [0.2, 0.25) is 5.02 Å². The van der Waals surface area contributed by atoms with Gasteiger partial charge in [-0.25, -0.2) is 15.0 Å². The molecule has 1 aromatic carbocycles. The highest BCUT2D eigenvalue weighted by Gasteiger charge is 2.45. The number of ether oxygens (including phenoxy) is 1. The Labute approximate surface area is 152 Å². The van der Waals surface area contributed by atoms with Gasteiger partial charge in [0, 0.05) is 10.6 Å². The first kappa shape index (κ1) is 17.1. The summed E-state index contributed by atoms with van der Waals surface area (Å²) in [5.74, 6) is 0.563. The van der Waals surface area contributed by atoms with Crippen LogP contribution in [0.4, 0.5) is 5.82 Å². The molecule has 9 nitrogen and oxygen atoms in total. The number of nitrogens with zero attached hydrogens (tertiary/aromatic N) is 4. The molecule has 136 valence electrons. The Hall–Kier alpha value is -2.30. The van der Waals surface area contributed by atoms with Crippen molar-refractivity contribution in [2.45, 2.75) is 24.5 Å². The Balaban J connectivity index is 1.95. The number of nitrogen functional groups attached to an aromatic ring is 1. The van der Waals surface area contributed by atoms with Crippen molar-refractivity contribution in [1.82, 2.24) is 19.5 Å². The van der Waals surface area contributed by atoms with Crippen molar-refractivity contribution in [2.75, 3.05) is 12.3 Å². The molecule has 5 N–H and O–H groups in total. The molecule has 2 aromatic heterocycles. The fraction of sp³-hybridized carbons (Fsp3) is 0.312. The number of nitrogens with two attached hydrogens (primary N) is 1. The Bertz CT molecular complexity index is 965. The van der Waals surface area contributed by atoms with E-state index in [1.165, 1.54) is 10.9 Å². The summed E-state index contributed by atoms with van der Waals surface area (Å²) >= 11 is 6.09. The lowest BCUT2D eigenvalue weighted by atomic mass is 10.1. The molecule has 4 rings (SSSR count). The second-order valence-electron chi connectivity index (χ2n) is 5.98. The van der Waals surface area contributed by atoms with E-state index in [9.17, 15) is 15.3 Å². The van der Waals surface area contributed by atoms with Crippen molar-refractivity contribution in [2.24, 2.45) is 0 Å². The Morgan fingerprint density at radius 3 is 2.73 bits per heavy atom. The average Bonchev–Trinajstić information content (AvgIpc) is 3.14. The summed E-state index contributed by atoms with van der Waals surface area (Å²) in [6.45, 7) is -0.440. The normalized spacial score (nSPS) is 25.8. The van der Waals surface area contributed by atoms with Crippen molar-refractivity contribution in [3.63, 3.8) is 0 Å². The molecule has 4 atom stereocenters. The number of benzene rings is 1. The summed E-state index contributed by atoms with van der Waals surface area (Å²) < 4.78 is 7.19. The summed E-state index contributed by atoms with van der Waals surface area (Å²) in [5.41, 5.74) is 7.23. The van der Waals surface area contributed by atoms with E-state index in [2.05, 4.69) is 15.0 Å². The van der Waals surface area contributed by atoms with E-state index in [0.717, 1.165) is 0 Å². The van der Waals surface area contributed by atoms with E-state index in [1.54, 1.807) is 24.3 Å². The van der Waals surface area contributed by atoms with E-state index >= 15 is 0 Å². The van der Waals surface area contributed by atoms with Crippen molar-refractivity contribution in [3.05, 3.63) is 35.6 Å². The van der Waals surface area contributed by atoms with Gasteiger partial charge in [-0.05, 0) is 12.1 Å². The van der Waals surface area contributed by atoms with Crippen LogP contribution in [-0.2, 0) is 4.74 Å². The summed E-state index contributed by atoms with van der Waals surface area (Å²) in [4.78, 5) is 12.6. The number of anilines is 1. The van der Waals surface area contributed by atoms with Gasteiger partial charge in [0.05, 0.1) is 6.61 Å². The lowest BCUT2D eigenvalue weighted by Crippen LogP contribution is -2.33. The molecule has 3 heterocycles. The molecule has 26 heavy (non-hydrogen) atoms. The molecule has 0 bridgehead atoms. The molecule has 0 spiro atoms. The van der Waals surface area contributed by atoms with E-state index in [1.807, 2.05) is 0 Å². The van der Waals surface area contributed by atoms with Gasteiger partial charge in [0.25, 0.3) is 0 Å². The van der Waals surface area contributed by atoms with Gasteiger partial charge in [0.1, 0.15) is 30.5 Å². The molecule has 0 unspecified atom stereocenters. The minimum absolute atomic E-state index is 0.170. The van der Waals surface area contributed by atoms with Crippen LogP contribution in [0, 0.1) is 0 Å². The Morgan fingerprint density at radius 2 is 2.04 bits per heavy atom. The molecule has 0 radical (unpaired) electrons. The minimum atomic E-state index is -1.29. The van der Waals surface area contributed by atoms with Gasteiger partial charge in [-0.15, -0.1) is 0 Å². The third-order valence-electron chi connectivity index (χ3n) is 4.36. The molecular formula is C16H16ClN5O4. The SMILES string of the molecule is Nc1ncnc2c1nc(-c1cccc(Cl)c1)n2[C@@H]1O[C@H](CO)[C@@H](O)[C@H]1O. The Morgan fingerprint density at radius 1 is 1.23 bits per heavy atom. The van der Waals surface area contributed by atoms with Crippen LogP contribution < -0.4 is 5.73 Å². The number of aromatic nitrogens is 4. The van der Waals surface area contributed by atoms with E-state index < -0.39 is 31.1 Å². The third-order valence-corrected chi connectivity index (χ3v) is 4.59. The number of hydrogen-bond donors (Lipinski definition) is 4. The molecule has 1 saturated heterocycles. The van der Waals surface area contributed by atoms with Crippen LogP contribution >= 0.6 is 11.6 Å². The van der Waals surface area contributed by atoms with Gasteiger partial charge in [-0.2, -0.15) is 0 Å². The first-order valence-electron chi connectivity index (χ1n) is 7.88. The first-order valence-corrected chi connectivity index (χ1v) is 8.26. The first-order chi connectivity index (χ1) is 12.5. The molecule has 0 aliphatic carbocycles. The van der Waals surface area contributed by atoms with E-state index in [0.29, 0.717) is 27.6 Å². The van der Waals surface area contributed by atoms with Crippen molar-refractivity contribution >= 4 is 28.6 Å². The highest BCUT2D eigenvalue weighted by molar-refractivity contribution is 6.30. The lowest BCUT2D eigenvalue weighted by molar-refractivity contribution is -0.0503. The third kappa shape index (κ3) is 2.61. The fourth-order valence-corrected chi connectivity index (χ4v) is 3.28. The number of imidazole rings is 1. The smallest absolute Gasteiger partial charge is 0.168 e. The quantitative estimate of drug-likeness (QED) is 0.512. The second-order valence-corrected chi connectivity index (χ2v) is 6.41. The number of aliphatic hydroxyl groups is 3. The monoisotopic (exact) mass is 377 g/mol. The molecular weight excluding hydrogens is 362 g/mol. The number of fused-ring (bicyclic) bond motifs is 1. The van der Waals surface area contributed by atoms with E-state index in [4.69, 9.17) is 22.1 Å². The van der Waals surface area contributed by atoms with Crippen molar-refractivity contribution in [1.29, 1.82) is 0 Å². The molecule has 0 saturated carbocycles. The van der Waals surface area contributed by atoms with Crippen LogP contribution in [0.25, 0.3) is 22.6 Å². The van der Waals surface area contributed by atoms with Crippen LogP contribution in [0.3, 0.4) is 0 Å². The number of aliphatic hydroxyl groups excluding tert-OH is 3. The van der Waals surface area contributed by atoms with Gasteiger partial charge < -0.3 is 25.8 Å². The summed E-state index contributed by atoms with van der Waals surface area (Å²) in [6, 6.07) is 6.96. The number of hydrogen-bond acceptors (Lipinski definition) is 8. The molecule has 1 aliphatic heterocycles. The van der Waals surface area contributed by atoms with Gasteiger partial charge >= 0.3 is 0 Å². The van der Waals surface area contributed by atoms with Gasteiger partial charge in [-0.1, -0.05) is 23.7 Å². The molecule has 1 fully saturated rings. The predicted molar refractivity (Wildman–Crippen MR) is 93.2 cm³/mol. The maximum Gasteiger partial charge on any atom is 0.168 e. The van der Waals surface area contributed by atoms with Gasteiger partial charge in [0.15, 0.2) is 23.2 Å². The summed E-state index contributed by atoms with van der Waals surface area (Å²) in [7, 11) is 0. The molecule has 10 heteroatoms. The zero-order valence-corrected chi connectivity index (χ0v) is 14.2. The second kappa shape index (κ2) is 6.45.